The Morgan fingerprint density at radius 3 is 2.37 bits per heavy atom. The van der Waals surface area contributed by atoms with Gasteiger partial charge in [-0.15, -0.1) is 0 Å². The number of likely N-dealkylation sites (tertiary alicyclic amines) is 1. The van der Waals surface area contributed by atoms with Crippen molar-refractivity contribution < 1.29 is 22.7 Å². The fourth-order valence-corrected chi connectivity index (χ4v) is 8.50. The topological polar surface area (TPSA) is 152 Å². The lowest BCUT2D eigenvalue weighted by atomic mass is 9.90. The Morgan fingerprint density at radius 1 is 0.930 bits per heavy atom. The molecular weight excluding hydrogens is 766 g/mol. The van der Waals surface area contributed by atoms with Crippen molar-refractivity contribution >= 4 is 68.0 Å². The summed E-state index contributed by atoms with van der Waals surface area (Å²) in [6, 6.07) is 22.0. The van der Waals surface area contributed by atoms with E-state index in [2.05, 4.69) is 58.8 Å². The molecule has 1 unspecified atom stereocenters. The molecule has 1 atom stereocenters. The van der Waals surface area contributed by atoms with E-state index in [0.717, 1.165) is 82.6 Å². The highest BCUT2D eigenvalue weighted by Crippen LogP contribution is 2.35. The Bertz CT molecular complexity index is 2180. The molecule has 3 aliphatic rings. The second kappa shape index (κ2) is 17.7. The van der Waals surface area contributed by atoms with E-state index in [9.17, 15) is 18.0 Å². The summed E-state index contributed by atoms with van der Waals surface area (Å²) in [5.41, 5.74) is 5.01. The number of sulfonamides is 1. The smallest absolute Gasteiger partial charge is 0.234 e. The fraction of sp³-hybridized carbons (Fsp3) is 0.415. The number of hydrogen-bond donors (Lipinski definition) is 3. The number of carbonyl (C=O) groups is 2. The number of aromatic nitrogens is 2. The van der Waals surface area contributed by atoms with E-state index in [0.29, 0.717) is 53.5 Å². The van der Waals surface area contributed by atoms with Crippen LogP contribution in [0.25, 0.3) is 0 Å². The fourth-order valence-electron chi connectivity index (χ4n) is 7.84. The summed E-state index contributed by atoms with van der Waals surface area (Å²) in [6.45, 7) is 7.06. The number of hydrogen-bond acceptors (Lipinski definition) is 12. The predicted molar refractivity (Wildman–Crippen MR) is 225 cm³/mol. The number of piperidine rings is 2. The second-order valence-corrected chi connectivity index (χ2v) is 17.3. The van der Waals surface area contributed by atoms with Crippen LogP contribution < -0.4 is 29.9 Å². The number of imide groups is 1. The minimum absolute atomic E-state index is 0.182. The van der Waals surface area contributed by atoms with Crippen LogP contribution in [0.2, 0.25) is 5.02 Å². The van der Waals surface area contributed by atoms with Gasteiger partial charge in [0.1, 0.15) is 10.8 Å². The molecule has 0 aliphatic carbocycles. The van der Waals surface area contributed by atoms with E-state index in [1.807, 2.05) is 24.3 Å². The number of halogens is 1. The quantitative estimate of drug-likeness (QED) is 0.149. The van der Waals surface area contributed by atoms with Gasteiger partial charge in [0.25, 0.3) is 0 Å². The van der Waals surface area contributed by atoms with Crippen LogP contribution in [0.15, 0.2) is 72.9 Å². The molecule has 0 radical (unpaired) electrons. The number of ether oxygens (including phenoxy) is 1. The van der Waals surface area contributed by atoms with Gasteiger partial charge in [-0.25, -0.2) is 13.4 Å². The maximum absolute atomic E-state index is 12.2. The molecule has 3 N–H and O–H groups in total. The normalized spacial score (nSPS) is 18.6. The van der Waals surface area contributed by atoms with Crippen LogP contribution >= 0.6 is 11.6 Å². The predicted octanol–water partition coefficient (Wildman–Crippen LogP) is 5.37. The van der Waals surface area contributed by atoms with Crippen LogP contribution in [0.5, 0.6) is 5.75 Å². The van der Waals surface area contributed by atoms with Gasteiger partial charge in [-0.1, -0.05) is 48.0 Å². The summed E-state index contributed by atoms with van der Waals surface area (Å²) in [6.07, 6.45) is 6.91. The van der Waals surface area contributed by atoms with Crippen molar-refractivity contribution in [3.8, 4) is 5.75 Å². The highest BCUT2D eigenvalue weighted by Gasteiger charge is 2.29. The minimum Gasteiger partial charge on any atom is -0.494 e. The van der Waals surface area contributed by atoms with Gasteiger partial charge in [0.15, 0.2) is 5.82 Å². The Labute approximate surface area is 339 Å². The maximum Gasteiger partial charge on any atom is 0.234 e. The van der Waals surface area contributed by atoms with Crippen LogP contribution in [0.3, 0.4) is 0 Å². The van der Waals surface area contributed by atoms with E-state index in [1.54, 1.807) is 31.4 Å². The molecule has 57 heavy (non-hydrogen) atoms. The third-order valence-electron chi connectivity index (χ3n) is 11.3. The van der Waals surface area contributed by atoms with Gasteiger partial charge < -0.3 is 25.2 Å². The third-order valence-corrected chi connectivity index (χ3v) is 12.7. The average molecular weight is 816 g/mol. The first-order chi connectivity index (χ1) is 27.4. The molecule has 0 saturated carbocycles. The van der Waals surface area contributed by atoms with E-state index in [-0.39, 0.29) is 22.8 Å². The Kier molecular flexibility index (Phi) is 12.5. The molecule has 3 fully saturated rings. The lowest BCUT2D eigenvalue weighted by Gasteiger charge is -2.43. The molecule has 14 nitrogen and oxygen atoms in total. The SMILES string of the molecule is COc1cc(N2CCN(C3CCN(CCc4ccc(C5CCC(=O)NC5=O)cc4)CC3)CC2)ccc1Nc1ncc(Cl)c(Nc2ccccc2N(C)S(C)(=O)=O)n1. The van der Waals surface area contributed by atoms with Crippen LogP contribution in [0.1, 0.15) is 42.7 Å². The molecule has 4 heterocycles. The maximum atomic E-state index is 12.2. The molecule has 302 valence electrons. The highest BCUT2D eigenvalue weighted by atomic mass is 35.5. The minimum atomic E-state index is -3.49. The molecule has 0 spiro atoms. The third kappa shape index (κ3) is 9.78. The standard InChI is InChI=1S/C41H50ClN9O5S/c1-48(57(3,54)55)36-7-5-4-6-34(36)44-39-33(42)27-43-41(47-39)45-35-14-12-31(26-37(35)56-2)51-24-22-50(23-25-51)30-17-20-49(21-18-30)19-16-28-8-10-29(11-9-28)32-13-15-38(52)46-40(32)53/h4-12,14,26-27,30,32H,13,15-25H2,1-3H3,(H,46,52,53)(H2,43,44,45,47). The summed E-state index contributed by atoms with van der Waals surface area (Å²) in [4.78, 5) is 40.3. The van der Waals surface area contributed by atoms with Crippen LogP contribution in [0.4, 0.5) is 34.5 Å². The first-order valence-corrected chi connectivity index (χ1v) is 21.6. The van der Waals surface area contributed by atoms with Crippen molar-refractivity contribution in [3.63, 3.8) is 0 Å². The van der Waals surface area contributed by atoms with Gasteiger partial charge in [0.05, 0.1) is 42.5 Å². The largest absolute Gasteiger partial charge is 0.494 e. The second-order valence-electron chi connectivity index (χ2n) is 14.9. The molecule has 7 rings (SSSR count). The van der Waals surface area contributed by atoms with Crippen LogP contribution in [0, 0.1) is 0 Å². The Balaban J connectivity index is 0.887. The van der Waals surface area contributed by atoms with Crippen molar-refractivity contribution in [3.05, 3.63) is 89.1 Å². The van der Waals surface area contributed by atoms with Crippen molar-refractivity contribution in [2.45, 2.75) is 44.1 Å². The molecular formula is C41H50ClN9O5S. The number of nitrogens with one attached hydrogen (secondary N) is 3. The van der Waals surface area contributed by atoms with Crippen LogP contribution in [-0.2, 0) is 26.0 Å². The van der Waals surface area contributed by atoms with Gasteiger partial charge in [0, 0.05) is 64.0 Å². The Hall–Kier alpha value is -4.96. The summed E-state index contributed by atoms with van der Waals surface area (Å²) in [5.74, 6) is 0.655. The van der Waals surface area contributed by atoms with Crippen molar-refractivity contribution in [2.24, 2.45) is 0 Å². The van der Waals surface area contributed by atoms with Gasteiger partial charge in [0.2, 0.25) is 27.8 Å². The summed E-state index contributed by atoms with van der Waals surface area (Å²) < 4.78 is 31.5. The summed E-state index contributed by atoms with van der Waals surface area (Å²) in [5, 5.41) is 9.15. The van der Waals surface area contributed by atoms with Gasteiger partial charge in [-0.05, 0) is 74.2 Å². The monoisotopic (exact) mass is 815 g/mol. The molecule has 3 aromatic carbocycles. The zero-order valence-electron chi connectivity index (χ0n) is 32.6. The molecule has 3 aliphatic heterocycles. The number of rotatable bonds is 13. The first kappa shape index (κ1) is 40.2. The number of carbonyl (C=O) groups excluding carboxylic acids is 2. The number of benzene rings is 3. The number of amides is 2. The number of methoxy groups -OCH3 is 1. The van der Waals surface area contributed by atoms with Crippen molar-refractivity contribution in [1.82, 2.24) is 25.1 Å². The van der Waals surface area contributed by atoms with E-state index >= 15 is 0 Å². The molecule has 4 aromatic rings. The molecule has 2 amide bonds. The zero-order valence-corrected chi connectivity index (χ0v) is 34.2. The molecule has 0 bridgehead atoms. The number of para-hydroxylation sites is 2. The van der Waals surface area contributed by atoms with Crippen molar-refractivity contribution in [1.29, 1.82) is 0 Å². The Morgan fingerprint density at radius 2 is 1.67 bits per heavy atom. The first-order valence-electron chi connectivity index (χ1n) is 19.4. The lowest BCUT2D eigenvalue weighted by Crippen LogP contribution is -2.53. The van der Waals surface area contributed by atoms with E-state index in [4.69, 9.17) is 16.3 Å². The van der Waals surface area contributed by atoms with E-state index < -0.39 is 10.0 Å². The lowest BCUT2D eigenvalue weighted by molar-refractivity contribution is -0.134. The number of anilines is 6. The van der Waals surface area contributed by atoms with E-state index in [1.165, 1.54) is 23.1 Å². The zero-order chi connectivity index (χ0) is 40.1. The highest BCUT2D eigenvalue weighted by molar-refractivity contribution is 7.92. The summed E-state index contributed by atoms with van der Waals surface area (Å²) in [7, 11) is -0.363. The van der Waals surface area contributed by atoms with Gasteiger partial charge >= 0.3 is 0 Å². The number of nitrogens with zero attached hydrogens (tertiary/aromatic N) is 6. The van der Waals surface area contributed by atoms with Gasteiger partial charge in [-0.2, -0.15) is 4.98 Å². The molecule has 16 heteroatoms. The number of piperazine rings is 1. The van der Waals surface area contributed by atoms with Crippen molar-refractivity contribution in [2.75, 3.05) is 86.1 Å². The summed E-state index contributed by atoms with van der Waals surface area (Å²) >= 11 is 6.47. The van der Waals surface area contributed by atoms with Crippen LogP contribution in [-0.4, -0.2) is 112 Å². The molecule has 1 aromatic heterocycles. The molecule has 3 saturated heterocycles. The van der Waals surface area contributed by atoms with Gasteiger partial charge in [-0.3, -0.25) is 24.1 Å². The average Bonchev–Trinajstić information content (AvgIpc) is 3.21.